The number of carbonyl (C=O) groups excluding carboxylic acids is 1. The van der Waals surface area contributed by atoms with Crippen LogP contribution in [-0.2, 0) is 4.79 Å². The molecule has 1 heterocycles. The molecule has 0 aromatic heterocycles. The minimum absolute atomic E-state index is 0.0431. The molecular formula is C23H30N4O3. The fourth-order valence-electron chi connectivity index (χ4n) is 3.37. The smallest absolute Gasteiger partial charge is 0.225 e. The lowest BCUT2D eigenvalue weighted by atomic mass is 9.91. The van der Waals surface area contributed by atoms with Crippen molar-refractivity contribution in [3.63, 3.8) is 0 Å². The van der Waals surface area contributed by atoms with Crippen LogP contribution in [0.5, 0.6) is 11.5 Å². The molecule has 1 unspecified atom stereocenters. The Morgan fingerprint density at radius 1 is 1.17 bits per heavy atom. The Balaban J connectivity index is 1.48. The van der Waals surface area contributed by atoms with Gasteiger partial charge in [-0.15, -0.1) is 0 Å². The minimum atomic E-state index is 0.0431. The van der Waals surface area contributed by atoms with Gasteiger partial charge in [0.1, 0.15) is 11.5 Å². The summed E-state index contributed by atoms with van der Waals surface area (Å²) in [6, 6.07) is 15.5. The van der Waals surface area contributed by atoms with Crippen LogP contribution in [-0.4, -0.2) is 45.2 Å². The largest absolute Gasteiger partial charge is 0.497 e. The molecular weight excluding hydrogens is 380 g/mol. The van der Waals surface area contributed by atoms with Crippen molar-refractivity contribution in [3.05, 3.63) is 54.1 Å². The van der Waals surface area contributed by atoms with Gasteiger partial charge in [0, 0.05) is 37.2 Å². The highest BCUT2D eigenvalue weighted by Gasteiger charge is 2.24. The van der Waals surface area contributed by atoms with Crippen LogP contribution in [0.25, 0.3) is 0 Å². The lowest BCUT2D eigenvalue weighted by Gasteiger charge is -2.24. The second-order valence-corrected chi connectivity index (χ2v) is 7.06. The van der Waals surface area contributed by atoms with Gasteiger partial charge in [0.25, 0.3) is 0 Å². The average Bonchev–Trinajstić information content (AvgIpc) is 2.77. The third-order valence-corrected chi connectivity index (χ3v) is 4.84. The molecule has 1 atom stereocenters. The van der Waals surface area contributed by atoms with E-state index in [2.05, 4.69) is 22.0 Å². The van der Waals surface area contributed by atoms with E-state index >= 15 is 0 Å². The molecule has 1 aliphatic heterocycles. The molecule has 0 spiro atoms. The van der Waals surface area contributed by atoms with E-state index in [4.69, 9.17) is 14.5 Å². The fourth-order valence-corrected chi connectivity index (χ4v) is 3.37. The number of nitrogens with zero attached hydrogens (tertiary/aromatic N) is 1. The topological polar surface area (TPSA) is 84.0 Å². The standard InChI is InChI=1S/C23H30N4O3/c1-3-24-23(25-12-7-13-30-19-9-6-8-18(15-19)29-2)26-16-17-14-22(28)27-21-11-5-4-10-20(17)21/h4-6,8-11,15,17H,3,7,12-14,16H2,1-2H3,(H,27,28)(H2,24,25,26). The molecule has 0 radical (unpaired) electrons. The molecule has 3 rings (SSSR count). The van der Waals surface area contributed by atoms with Crippen LogP contribution in [0.15, 0.2) is 53.5 Å². The highest BCUT2D eigenvalue weighted by atomic mass is 16.5. The number of benzene rings is 2. The Morgan fingerprint density at radius 3 is 2.83 bits per heavy atom. The van der Waals surface area contributed by atoms with Crippen molar-refractivity contribution >= 4 is 17.6 Å². The first kappa shape index (κ1) is 21.5. The summed E-state index contributed by atoms with van der Waals surface area (Å²) in [5.74, 6) is 2.46. The summed E-state index contributed by atoms with van der Waals surface area (Å²) in [6.07, 6.45) is 1.28. The predicted molar refractivity (Wildman–Crippen MR) is 120 cm³/mol. The molecule has 30 heavy (non-hydrogen) atoms. The number of aliphatic imine (C=N–C) groups is 1. The van der Waals surface area contributed by atoms with Crippen molar-refractivity contribution in [1.82, 2.24) is 10.6 Å². The summed E-state index contributed by atoms with van der Waals surface area (Å²) in [4.78, 5) is 16.7. The maximum absolute atomic E-state index is 12.0. The van der Waals surface area contributed by atoms with Crippen molar-refractivity contribution < 1.29 is 14.3 Å². The molecule has 160 valence electrons. The molecule has 1 amide bonds. The number of methoxy groups -OCH3 is 1. The molecule has 0 saturated heterocycles. The summed E-state index contributed by atoms with van der Waals surface area (Å²) in [5, 5.41) is 9.53. The van der Waals surface area contributed by atoms with Gasteiger partial charge in [0.2, 0.25) is 5.91 Å². The molecule has 3 N–H and O–H groups in total. The second kappa shape index (κ2) is 11.1. The summed E-state index contributed by atoms with van der Waals surface area (Å²) in [6.45, 7) is 4.69. The number of carbonyl (C=O) groups is 1. The first-order valence-corrected chi connectivity index (χ1v) is 10.4. The van der Waals surface area contributed by atoms with Gasteiger partial charge in [-0.2, -0.15) is 0 Å². The van der Waals surface area contributed by atoms with E-state index in [1.54, 1.807) is 7.11 Å². The average molecular weight is 411 g/mol. The first-order chi connectivity index (χ1) is 14.7. The molecule has 2 aromatic rings. The number of guanidine groups is 1. The lowest BCUT2D eigenvalue weighted by Crippen LogP contribution is -2.38. The zero-order chi connectivity index (χ0) is 21.2. The first-order valence-electron chi connectivity index (χ1n) is 10.4. The van der Waals surface area contributed by atoms with E-state index in [1.165, 1.54) is 0 Å². The van der Waals surface area contributed by atoms with Crippen molar-refractivity contribution in [2.45, 2.75) is 25.7 Å². The van der Waals surface area contributed by atoms with Gasteiger partial charge in [-0.3, -0.25) is 9.79 Å². The van der Waals surface area contributed by atoms with Crippen LogP contribution in [0, 0.1) is 0 Å². The zero-order valence-electron chi connectivity index (χ0n) is 17.6. The van der Waals surface area contributed by atoms with E-state index in [1.807, 2.05) is 49.4 Å². The SMILES string of the molecule is CCNC(=NCC1CC(=O)Nc2ccccc21)NCCCOc1cccc(OC)c1. The van der Waals surface area contributed by atoms with Gasteiger partial charge >= 0.3 is 0 Å². The summed E-state index contributed by atoms with van der Waals surface area (Å²) in [5.41, 5.74) is 2.03. The van der Waals surface area contributed by atoms with Crippen LogP contribution in [0.3, 0.4) is 0 Å². The van der Waals surface area contributed by atoms with E-state index in [0.717, 1.165) is 48.2 Å². The number of hydrogen-bond acceptors (Lipinski definition) is 4. The Labute approximate surface area is 177 Å². The van der Waals surface area contributed by atoms with Crippen LogP contribution < -0.4 is 25.4 Å². The minimum Gasteiger partial charge on any atom is -0.497 e. The van der Waals surface area contributed by atoms with Crippen molar-refractivity contribution in [2.24, 2.45) is 4.99 Å². The van der Waals surface area contributed by atoms with Crippen LogP contribution in [0.4, 0.5) is 5.69 Å². The number of nitrogens with one attached hydrogen (secondary N) is 3. The summed E-state index contributed by atoms with van der Waals surface area (Å²) in [7, 11) is 1.64. The van der Waals surface area contributed by atoms with E-state index in [-0.39, 0.29) is 11.8 Å². The highest BCUT2D eigenvalue weighted by Crippen LogP contribution is 2.31. The fraction of sp³-hybridized carbons (Fsp3) is 0.391. The number of anilines is 1. The maximum Gasteiger partial charge on any atom is 0.225 e. The zero-order valence-corrected chi connectivity index (χ0v) is 17.6. The Morgan fingerprint density at radius 2 is 2.00 bits per heavy atom. The lowest BCUT2D eigenvalue weighted by molar-refractivity contribution is -0.116. The number of ether oxygens (including phenoxy) is 2. The van der Waals surface area contributed by atoms with E-state index in [0.29, 0.717) is 19.6 Å². The molecule has 0 fully saturated rings. The second-order valence-electron chi connectivity index (χ2n) is 7.06. The van der Waals surface area contributed by atoms with Gasteiger partial charge in [0.05, 0.1) is 20.3 Å². The van der Waals surface area contributed by atoms with Gasteiger partial charge in [-0.1, -0.05) is 24.3 Å². The van der Waals surface area contributed by atoms with Crippen LogP contribution in [0.1, 0.15) is 31.2 Å². The Kier molecular flexibility index (Phi) is 7.94. The van der Waals surface area contributed by atoms with Crippen molar-refractivity contribution in [1.29, 1.82) is 0 Å². The number of amides is 1. The maximum atomic E-state index is 12.0. The third-order valence-electron chi connectivity index (χ3n) is 4.84. The number of hydrogen-bond donors (Lipinski definition) is 3. The number of para-hydroxylation sites is 1. The Bertz CT molecular complexity index is 869. The normalized spacial score (nSPS) is 15.7. The molecule has 7 nitrogen and oxygen atoms in total. The van der Waals surface area contributed by atoms with Crippen molar-refractivity contribution in [2.75, 3.05) is 38.7 Å². The third kappa shape index (κ3) is 6.14. The summed E-state index contributed by atoms with van der Waals surface area (Å²) < 4.78 is 11.0. The molecule has 0 saturated carbocycles. The van der Waals surface area contributed by atoms with Crippen molar-refractivity contribution in [3.8, 4) is 11.5 Å². The molecule has 0 bridgehead atoms. The monoisotopic (exact) mass is 410 g/mol. The van der Waals surface area contributed by atoms with Gasteiger partial charge in [-0.25, -0.2) is 0 Å². The number of fused-ring (bicyclic) bond motifs is 1. The van der Waals surface area contributed by atoms with Gasteiger partial charge < -0.3 is 25.4 Å². The molecule has 1 aliphatic rings. The van der Waals surface area contributed by atoms with E-state index in [9.17, 15) is 4.79 Å². The van der Waals surface area contributed by atoms with Crippen LogP contribution in [0.2, 0.25) is 0 Å². The molecule has 0 aliphatic carbocycles. The molecule has 7 heteroatoms. The quantitative estimate of drug-likeness (QED) is 0.336. The molecule has 2 aromatic carbocycles. The van der Waals surface area contributed by atoms with Crippen LogP contribution >= 0.6 is 0 Å². The highest BCUT2D eigenvalue weighted by molar-refractivity contribution is 5.94. The van der Waals surface area contributed by atoms with Gasteiger partial charge in [-0.05, 0) is 37.1 Å². The van der Waals surface area contributed by atoms with Gasteiger partial charge in [0.15, 0.2) is 5.96 Å². The number of rotatable bonds is 9. The Hall–Kier alpha value is -3.22. The summed E-state index contributed by atoms with van der Waals surface area (Å²) >= 11 is 0. The van der Waals surface area contributed by atoms with E-state index < -0.39 is 0 Å². The predicted octanol–water partition coefficient (Wildman–Crippen LogP) is 3.15.